The van der Waals surface area contributed by atoms with E-state index in [1.54, 1.807) is 0 Å². The molecule has 0 saturated carbocycles. The molecule has 106 valence electrons. The fourth-order valence-corrected chi connectivity index (χ4v) is 3.17. The second-order valence-corrected chi connectivity index (χ2v) is 5.90. The lowest BCUT2D eigenvalue weighted by Crippen LogP contribution is -2.13. The molecule has 21 heavy (non-hydrogen) atoms. The summed E-state index contributed by atoms with van der Waals surface area (Å²) in [4.78, 5) is 17.2. The lowest BCUT2D eigenvalue weighted by atomic mass is 10.2. The minimum Gasteiger partial charge on any atom is -0.298 e. The van der Waals surface area contributed by atoms with Gasteiger partial charge in [-0.1, -0.05) is 6.07 Å². The molecule has 3 rings (SSSR count). The number of thiazole rings is 1. The number of rotatable bonds is 3. The fourth-order valence-electron chi connectivity index (χ4n) is 1.71. The summed E-state index contributed by atoms with van der Waals surface area (Å²) in [7, 11) is 0. The molecule has 0 aliphatic rings. The first-order chi connectivity index (χ1) is 10.1. The van der Waals surface area contributed by atoms with Crippen molar-refractivity contribution in [1.82, 2.24) is 4.98 Å². The Bertz CT molecular complexity index is 784. The van der Waals surface area contributed by atoms with E-state index in [2.05, 4.69) is 10.3 Å². The summed E-state index contributed by atoms with van der Waals surface area (Å²) in [5.74, 6) is -2.28. The predicted molar refractivity (Wildman–Crippen MR) is 79.7 cm³/mol. The number of aromatic nitrogens is 1. The number of benzene rings is 1. The van der Waals surface area contributed by atoms with Crippen LogP contribution in [0.1, 0.15) is 10.4 Å². The van der Waals surface area contributed by atoms with Gasteiger partial charge >= 0.3 is 0 Å². The Morgan fingerprint density at radius 1 is 1.19 bits per heavy atom. The number of halogens is 2. The van der Waals surface area contributed by atoms with Gasteiger partial charge in [-0.2, -0.15) is 0 Å². The van der Waals surface area contributed by atoms with E-state index in [0.29, 0.717) is 11.2 Å². The largest absolute Gasteiger partial charge is 0.298 e. The zero-order chi connectivity index (χ0) is 14.8. The first-order valence-electron chi connectivity index (χ1n) is 5.89. The van der Waals surface area contributed by atoms with Crippen molar-refractivity contribution in [2.45, 2.75) is 0 Å². The number of thiophene rings is 1. The molecule has 0 fully saturated rings. The van der Waals surface area contributed by atoms with Gasteiger partial charge in [-0.25, -0.2) is 13.8 Å². The number of hydrogen-bond acceptors (Lipinski definition) is 4. The lowest BCUT2D eigenvalue weighted by molar-refractivity contribution is 0.102. The lowest BCUT2D eigenvalue weighted by Gasteiger charge is -2.02. The smallest absolute Gasteiger partial charge is 0.260 e. The SMILES string of the molecule is O=C(Nc1nc(-c2cccs2)cs1)c1ccc(F)cc1F. The zero-order valence-corrected chi connectivity index (χ0v) is 12.1. The summed E-state index contributed by atoms with van der Waals surface area (Å²) in [6.07, 6.45) is 0. The van der Waals surface area contributed by atoms with Gasteiger partial charge in [-0.15, -0.1) is 22.7 Å². The molecular formula is C14H8F2N2OS2. The molecular weight excluding hydrogens is 314 g/mol. The van der Waals surface area contributed by atoms with Crippen molar-refractivity contribution in [1.29, 1.82) is 0 Å². The Hall–Kier alpha value is -2.12. The molecule has 0 spiro atoms. The van der Waals surface area contributed by atoms with Crippen LogP contribution in [-0.2, 0) is 0 Å². The highest BCUT2D eigenvalue weighted by Crippen LogP contribution is 2.28. The number of nitrogens with zero attached hydrogens (tertiary/aromatic N) is 1. The fraction of sp³-hybridized carbons (Fsp3) is 0. The minimum atomic E-state index is -0.900. The Morgan fingerprint density at radius 3 is 2.76 bits per heavy atom. The van der Waals surface area contributed by atoms with Gasteiger partial charge in [-0.05, 0) is 23.6 Å². The predicted octanol–water partition coefficient (Wildman–Crippen LogP) is 4.40. The Balaban J connectivity index is 1.79. The van der Waals surface area contributed by atoms with Crippen molar-refractivity contribution < 1.29 is 13.6 Å². The number of carbonyl (C=O) groups excluding carboxylic acids is 1. The average Bonchev–Trinajstić information content (AvgIpc) is 3.08. The molecule has 0 atom stereocenters. The maximum absolute atomic E-state index is 13.5. The van der Waals surface area contributed by atoms with Crippen molar-refractivity contribution in [3.8, 4) is 10.6 Å². The van der Waals surface area contributed by atoms with Crippen LogP contribution in [0.4, 0.5) is 13.9 Å². The van der Waals surface area contributed by atoms with Gasteiger partial charge in [0.15, 0.2) is 5.13 Å². The molecule has 7 heteroatoms. The van der Waals surface area contributed by atoms with Crippen LogP contribution < -0.4 is 5.32 Å². The normalized spacial score (nSPS) is 10.6. The summed E-state index contributed by atoms with van der Waals surface area (Å²) in [6.45, 7) is 0. The molecule has 0 saturated heterocycles. The van der Waals surface area contributed by atoms with Crippen molar-refractivity contribution in [3.05, 3.63) is 58.3 Å². The van der Waals surface area contributed by atoms with Gasteiger partial charge in [-0.3, -0.25) is 10.1 Å². The van der Waals surface area contributed by atoms with Crippen LogP contribution >= 0.6 is 22.7 Å². The van der Waals surface area contributed by atoms with Gasteiger partial charge in [0.05, 0.1) is 16.1 Å². The number of amides is 1. The van der Waals surface area contributed by atoms with E-state index in [0.717, 1.165) is 22.7 Å². The van der Waals surface area contributed by atoms with E-state index in [1.807, 2.05) is 22.9 Å². The highest BCUT2D eigenvalue weighted by molar-refractivity contribution is 7.16. The first kappa shape index (κ1) is 13.8. The molecule has 1 aromatic carbocycles. The monoisotopic (exact) mass is 322 g/mol. The van der Waals surface area contributed by atoms with Gasteiger partial charge in [0.1, 0.15) is 11.6 Å². The van der Waals surface area contributed by atoms with Crippen molar-refractivity contribution in [3.63, 3.8) is 0 Å². The van der Waals surface area contributed by atoms with Crippen LogP contribution in [0.25, 0.3) is 10.6 Å². The Morgan fingerprint density at radius 2 is 2.05 bits per heavy atom. The molecule has 2 aromatic heterocycles. The maximum Gasteiger partial charge on any atom is 0.260 e. The van der Waals surface area contributed by atoms with Gasteiger partial charge < -0.3 is 0 Å². The van der Waals surface area contributed by atoms with Crippen LogP contribution in [0.15, 0.2) is 41.1 Å². The van der Waals surface area contributed by atoms with Crippen LogP contribution in [0, 0.1) is 11.6 Å². The number of carbonyl (C=O) groups is 1. The average molecular weight is 322 g/mol. The van der Waals surface area contributed by atoms with Gasteiger partial charge in [0.2, 0.25) is 0 Å². The molecule has 0 radical (unpaired) electrons. The third-order valence-electron chi connectivity index (χ3n) is 2.67. The Kier molecular flexibility index (Phi) is 3.76. The van der Waals surface area contributed by atoms with E-state index >= 15 is 0 Å². The summed E-state index contributed by atoms with van der Waals surface area (Å²) in [5.41, 5.74) is 0.536. The maximum atomic E-state index is 13.5. The topological polar surface area (TPSA) is 42.0 Å². The summed E-state index contributed by atoms with van der Waals surface area (Å²) >= 11 is 2.79. The highest BCUT2D eigenvalue weighted by atomic mass is 32.1. The second kappa shape index (κ2) is 5.71. The molecule has 1 N–H and O–H groups in total. The number of hydrogen-bond donors (Lipinski definition) is 1. The Labute approximate surface area is 126 Å². The molecule has 0 bridgehead atoms. The van der Waals surface area contributed by atoms with Crippen molar-refractivity contribution in [2.24, 2.45) is 0 Å². The van der Waals surface area contributed by atoms with Gasteiger partial charge in [0, 0.05) is 11.4 Å². The standard InChI is InChI=1S/C14H8F2N2OS2/c15-8-3-4-9(10(16)6-8)13(19)18-14-17-11(7-21-14)12-2-1-5-20-12/h1-7H,(H,17,18,19). The van der Waals surface area contributed by atoms with E-state index in [1.165, 1.54) is 22.7 Å². The molecule has 3 nitrogen and oxygen atoms in total. The zero-order valence-electron chi connectivity index (χ0n) is 10.5. The third-order valence-corrected chi connectivity index (χ3v) is 4.32. The number of anilines is 1. The van der Waals surface area contributed by atoms with Crippen LogP contribution in [0.2, 0.25) is 0 Å². The summed E-state index contributed by atoms with van der Waals surface area (Å²) in [5, 5.41) is 6.62. The van der Waals surface area contributed by atoms with Crippen molar-refractivity contribution in [2.75, 3.05) is 5.32 Å². The summed E-state index contributed by atoms with van der Waals surface area (Å²) in [6, 6.07) is 6.65. The molecule has 0 unspecified atom stereocenters. The van der Waals surface area contributed by atoms with Crippen LogP contribution in [-0.4, -0.2) is 10.9 Å². The minimum absolute atomic E-state index is 0.218. The van der Waals surface area contributed by atoms with E-state index < -0.39 is 17.5 Å². The van der Waals surface area contributed by atoms with E-state index in [9.17, 15) is 13.6 Å². The molecule has 0 aliphatic carbocycles. The third kappa shape index (κ3) is 2.98. The highest BCUT2D eigenvalue weighted by Gasteiger charge is 2.14. The molecule has 1 amide bonds. The molecule has 0 aliphatic heterocycles. The van der Waals surface area contributed by atoms with Crippen LogP contribution in [0.5, 0.6) is 0 Å². The second-order valence-electron chi connectivity index (χ2n) is 4.09. The number of nitrogens with one attached hydrogen (secondary N) is 1. The van der Waals surface area contributed by atoms with Crippen LogP contribution in [0.3, 0.4) is 0 Å². The quantitative estimate of drug-likeness (QED) is 0.776. The van der Waals surface area contributed by atoms with E-state index in [-0.39, 0.29) is 5.56 Å². The summed E-state index contributed by atoms with van der Waals surface area (Å²) < 4.78 is 26.3. The van der Waals surface area contributed by atoms with Gasteiger partial charge in [0.25, 0.3) is 5.91 Å². The first-order valence-corrected chi connectivity index (χ1v) is 7.65. The van der Waals surface area contributed by atoms with Crippen molar-refractivity contribution >= 4 is 33.7 Å². The molecule has 3 aromatic rings. The van der Waals surface area contributed by atoms with E-state index in [4.69, 9.17) is 0 Å². The molecule has 2 heterocycles.